The molecule has 0 aliphatic heterocycles. The maximum atomic E-state index is 9.78. The molecule has 268 valence electrons. The molecular formula is C56H39N. The topological polar surface area (TPSA) is 3.24 Å². The largest absolute Gasteiger partial charge is 0.311 e. The SMILES string of the molecule is [2H]c1c([2H])c(N(c2ccc(-c3cccc4ccccc34)cc2)c2c([2H])c([2H])c(-c3c(-c4ccccc4)ccc4ccccc34)c([2H])c2[2H])c([2H])c([2H])c1-c1cccc(-c2ccccc2)c1. The third-order valence-electron chi connectivity index (χ3n) is 10.4. The summed E-state index contributed by atoms with van der Waals surface area (Å²) in [5.41, 5.74) is 6.41. The fourth-order valence-corrected chi connectivity index (χ4v) is 7.63. The van der Waals surface area contributed by atoms with Crippen LogP contribution < -0.4 is 4.90 Å². The summed E-state index contributed by atoms with van der Waals surface area (Å²) in [7, 11) is 0. The van der Waals surface area contributed by atoms with Crippen LogP contribution >= 0.6 is 0 Å². The lowest BCUT2D eigenvalue weighted by Crippen LogP contribution is -2.09. The number of rotatable bonds is 8. The Morgan fingerprint density at radius 2 is 0.772 bits per heavy atom. The van der Waals surface area contributed by atoms with Gasteiger partial charge < -0.3 is 4.90 Å². The average molecular weight is 734 g/mol. The molecule has 0 atom stereocenters. The minimum atomic E-state index is -0.400. The van der Waals surface area contributed by atoms with E-state index in [0.29, 0.717) is 16.8 Å². The van der Waals surface area contributed by atoms with Gasteiger partial charge in [-0.2, -0.15) is 0 Å². The van der Waals surface area contributed by atoms with E-state index in [9.17, 15) is 11.0 Å². The molecule has 0 saturated heterocycles. The summed E-state index contributed by atoms with van der Waals surface area (Å²) in [5, 5.41) is 3.74. The number of hydrogen-bond donors (Lipinski definition) is 0. The molecule has 57 heavy (non-hydrogen) atoms. The molecule has 0 bridgehead atoms. The van der Waals surface area contributed by atoms with Crippen molar-refractivity contribution in [3.8, 4) is 55.6 Å². The highest BCUT2D eigenvalue weighted by molar-refractivity contribution is 6.04. The van der Waals surface area contributed by atoms with E-state index in [0.717, 1.165) is 54.9 Å². The summed E-state index contributed by atoms with van der Waals surface area (Å²) in [5.74, 6) is 0. The van der Waals surface area contributed by atoms with E-state index in [4.69, 9.17) is 0 Å². The van der Waals surface area contributed by atoms with Crippen LogP contribution in [0.1, 0.15) is 11.0 Å². The zero-order valence-corrected chi connectivity index (χ0v) is 30.8. The van der Waals surface area contributed by atoms with Gasteiger partial charge in [-0.25, -0.2) is 0 Å². The van der Waals surface area contributed by atoms with Gasteiger partial charge in [0.2, 0.25) is 0 Å². The van der Waals surface area contributed by atoms with Crippen LogP contribution in [0.4, 0.5) is 17.1 Å². The van der Waals surface area contributed by atoms with E-state index < -0.39 is 24.2 Å². The predicted molar refractivity (Wildman–Crippen MR) is 243 cm³/mol. The van der Waals surface area contributed by atoms with Gasteiger partial charge in [0.15, 0.2) is 0 Å². The molecular weight excluding hydrogens is 687 g/mol. The van der Waals surface area contributed by atoms with Gasteiger partial charge >= 0.3 is 0 Å². The van der Waals surface area contributed by atoms with Gasteiger partial charge in [0.25, 0.3) is 0 Å². The molecule has 0 fully saturated rings. The van der Waals surface area contributed by atoms with Gasteiger partial charge in [-0.05, 0) is 120 Å². The number of nitrogens with zero attached hydrogens (tertiary/aromatic N) is 1. The molecule has 10 aromatic carbocycles. The van der Waals surface area contributed by atoms with Crippen LogP contribution in [0.15, 0.2) is 236 Å². The van der Waals surface area contributed by atoms with E-state index in [1.807, 2.05) is 164 Å². The zero-order chi connectivity index (χ0) is 44.9. The van der Waals surface area contributed by atoms with Crippen LogP contribution in [0.2, 0.25) is 0 Å². The summed E-state index contributed by atoms with van der Waals surface area (Å²) in [6, 6.07) is 56.9. The van der Waals surface area contributed by atoms with Gasteiger partial charge in [-0.3, -0.25) is 0 Å². The van der Waals surface area contributed by atoms with Crippen molar-refractivity contribution in [3.63, 3.8) is 0 Å². The summed E-state index contributed by atoms with van der Waals surface area (Å²) in [6.07, 6.45) is 0. The molecule has 10 aromatic rings. The molecule has 1 nitrogen and oxygen atoms in total. The van der Waals surface area contributed by atoms with Crippen molar-refractivity contribution >= 4 is 38.6 Å². The second kappa shape index (κ2) is 15.0. The van der Waals surface area contributed by atoms with Crippen LogP contribution in [0.5, 0.6) is 0 Å². The minimum Gasteiger partial charge on any atom is -0.311 e. The molecule has 0 unspecified atom stereocenters. The van der Waals surface area contributed by atoms with Crippen molar-refractivity contribution < 1.29 is 11.0 Å². The van der Waals surface area contributed by atoms with Crippen molar-refractivity contribution in [1.82, 2.24) is 0 Å². The molecule has 0 N–H and O–H groups in total. The second-order valence-corrected chi connectivity index (χ2v) is 13.9. The summed E-state index contributed by atoms with van der Waals surface area (Å²) >= 11 is 0. The predicted octanol–water partition coefficient (Wildman–Crippen LogP) is 15.8. The first kappa shape index (κ1) is 26.3. The van der Waals surface area contributed by atoms with Gasteiger partial charge in [-0.1, -0.05) is 194 Å². The van der Waals surface area contributed by atoms with E-state index in [2.05, 4.69) is 6.07 Å². The van der Waals surface area contributed by atoms with Crippen LogP contribution in [0, 0.1) is 0 Å². The average Bonchev–Trinajstić information content (AvgIpc) is 3.35. The minimum absolute atomic E-state index is 0.104. The fourth-order valence-electron chi connectivity index (χ4n) is 7.63. The fraction of sp³-hybridized carbons (Fsp3) is 0. The van der Waals surface area contributed by atoms with Crippen molar-refractivity contribution in [1.29, 1.82) is 0 Å². The molecule has 0 heterocycles. The standard InChI is InChI=1S/C56H39N/c1-3-13-40(14-4-1)47-20-11-21-48(39-47)41-25-32-49(33-26-41)57(50-34-27-45(28-35-50)53-24-12-19-42-17-7-9-22-52(42)53)51-36-29-46(30-37-51)56-54-23-10-8-18-44(54)31-38-55(56)43-15-5-2-6-16-43/h1-39H/i25D,26D,29D,30D,32D,33D,36D,37D. The van der Waals surface area contributed by atoms with Crippen LogP contribution in [-0.2, 0) is 0 Å². The number of benzene rings is 10. The summed E-state index contributed by atoms with van der Waals surface area (Å²) in [6.45, 7) is 0. The number of anilines is 3. The molecule has 10 rings (SSSR count). The molecule has 0 spiro atoms. The molecule has 0 amide bonds. The van der Waals surface area contributed by atoms with Crippen LogP contribution in [0.25, 0.3) is 77.2 Å². The highest BCUT2D eigenvalue weighted by Crippen LogP contribution is 2.42. The third-order valence-corrected chi connectivity index (χ3v) is 10.4. The first-order valence-electron chi connectivity index (χ1n) is 22.9. The first-order valence-corrected chi connectivity index (χ1v) is 18.9. The van der Waals surface area contributed by atoms with Gasteiger partial charge in [-0.15, -0.1) is 0 Å². The van der Waals surface area contributed by atoms with Crippen molar-refractivity contribution in [2.45, 2.75) is 0 Å². The van der Waals surface area contributed by atoms with Gasteiger partial charge in [0.1, 0.15) is 0 Å². The normalized spacial score (nSPS) is 13.1. The van der Waals surface area contributed by atoms with E-state index in [1.54, 1.807) is 18.2 Å². The molecule has 0 saturated carbocycles. The van der Waals surface area contributed by atoms with E-state index in [1.165, 1.54) is 4.90 Å². The molecule has 0 aliphatic carbocycles. The Morgan fingerprint density at radius 3 is 1.46 bits per heavy atom. The van der Waals surface area contributed by atoms with Crippen LogP contribution in [-0.4, -0.2) is 0 Å². The summed E-state index contributed by atoms with van der Waals surface area (Å²) < 4.78 is 77.2. The smallest absolute Gasteiger partial charge is 0.0645 e. The monoisotopic (exact) mass is 733 g/mol. The molecule has 0 aliphatic rings. The first-order chi connectivity index (χ1) is 31.6. The lowest BCUT2D eigenvalue weighted by Gasteiger charge is -2.26. The Labute approximate surface area is 345 Å². The molecule has 0 aromatic heterocycles. The third kappa shape index (κ3) is 6.66. The second-order valence-electron chi connectivity index (χ2n) is 13.9. The maximum absolute atomic E-state index is 9.78. The van der Waals surface area contributed by atoms with Gasteiger partial charge in [0, 0.05) is 17.1 Å². The summed E-state index contributed by atoms with van der Waals surface area (Å²) in [4.78, 5) is 1.36. The number of fused-ring (bicyclic) bond motifs is 2. The number of hydrogen-bond acceptors (Lipinski definition) is 1. The highest BCUT2D eigenvalue weighted by atomic mass is 15.1. The Kier molecular flexibility index (Phi) is 6.92. The van der Waals surface area contributed by atoms with Crippen LogP contribution in [0.3, 0.4) is 0 Å². The quantitative estimate of drug-likeness (QED) is 0.150. The Bertz CT molecular complexity index is 3400. The maximum Gasteiger partial charge on any atom is 0.0645 e. The molecule has 0 radical (unpaired) electrons. The lowest BCUT2D eigenvalue weighted by atomic mass is 9.89. The Balaban J connectivity index is 1.21. The highest BCUT2D eigenvalue weighted by Gasteiger charge is 2.17. The zero-order valence-electron chi connectivity index (χ0n) is 38.8. The van der Waals surface area contributed by atoms with E-state index >= 15 is 0 Å². The van der Waals surface area contributed by atoms with Crippen molar-refractivity contribution in [2.75, 3.05) is 4.90 Å². The van der Waals surface area contributed by atoms with Crippen molar-refractivity contribution in [2.24, 2.45) is 0 Å². The Morgan fingerprint density at radius 1 is 0.281 bits per heavy atom. The molecule has 1 heteroatoms. The van der Waals surface area contributed by atoms with Crippen molar-refractivity contribution in [3.05, 3.63) is 236 Å². The lowest BCUT2D eigenvalue weighted by molar-refractivity contribution is 1.28. The Hall–Kier alpha value is -7.48. The van der Waals surface area contributed by atoms with Gasteiger partial charge in [0.05, 0.1) is 11.0 Å². The van der Waals surface area contributed by atoms with E-state index in [-0.39, 0.29) is 46.7 Å².